The smallest absolute Gasteiger partial charge is 0.315 e. The summed E-state index contributed by atoms with van der Waals surface area (Å²) in [7, 11) is 0. The van der Waals surface area contributed by atoms with Crippen LogP contribution < -0.4 is 16.4 Å². The fourth-order valence-electron chi connectivity index (χ4n) is 3.37. The van der Waals surface area contributed by atoms with Crippen LogP contribution in [-0.4, -0.2) is 22.6 Å². The molecule has 0 aromatic carbocycles. The Morgan fingerprint density at radius 3 is 2.30 bits per heavy atom. The third kappa shape index (κ3) is 3.84. The highest BCUT2D eigenvalue weighted by molar-refractivity contribution is 7.80. The van der Waals surface area contributed by atoms with Crippen LogP contribution in [0.15, 0.2) is 0 Å². The normalized spacial score (nSPS) is 31.6. The number of amides is 2. The summed E-state index contributed by atoms with van der Waals surface area (Å²) >= 11 is 5.22. The number of thiocarbonyl (C=S) groups is 1. The molecule has 0 spiro atoms. The predicted octanol–water partition coefficient (Wildman–Crippen LogP) is 2.85. The SMILES string of the molecule is CC1CCC(NC(=O)NC2CCCCC2)(C(N)=S)CC1. The maximum Gasteiger partial charge on any atom is 0.315 e. The highest BCUT2D eigenvalue weighted by atomic mass is 32.1. The maximum absolute atomic E-state index is 12.2. The van der Waals surface area contributed by atoms with Crippen molar-refractivity contribution in [3.63, 3.8) is 0 Å². The summed E-state index contributed by atoms with van der Waals surface area (Å²) in [5, 5.41) is 6.18. The summed E-state index contributed by atoms with van der Waals surface area (Å²) in [6.07, 6.45) is 9.75. The zero-order valence-corrected chi connectivity index (χ0v) is 13.2. The van der Waals surface area contributed by atoms with E-state index >= 15 is 0 Å². The molecule has 114 valence electrons. The third-order valence-electron chi connectivity index (χ3n) is 4.89. The molecule has 0 radical (unpaired) electrons. The van der Waals surface area contributed by atoms with E-state index in [0.29, 0.717) is 16.9 Å². The summed E-state index contributed by atoms with van der Waals surface area (Å²) in [6.45, 7) is 2.24. The van der Waals surface area contributed by atoms with Crippen molar-refractivity contribution in [3.8, 4) is 0 Å². The predicted molar refractivity (Wildman–Crippen MR) is 85.7 cm³/mol. The van der Waals surface area contributed by atoms with Crippen LogP contribution in [0.25, 0.3) is 0 Å². The van der Waals surface area contributed by atoms with E-state index in [1.165, 1.54) is 19.3 Å². The first-order valence-electron chi connectivity index (χ1n) is 7.90. The lowest BCUT2D eigenvalue weighted by Crippen LogP contribution is -2.61. The van der Waals surface area contributed by atoms with E-state index in [1.807, 2.05) is 0 Å². The number of carbonyl (C=O) groups excluding carboxylic acids is 1. The first kappa shape index (κ1) is 15.5. The molecule has 0 aromatic heterocycles. The summed E-state index contributed by atoms with van der Waals surface area (Å²) in [4.78, 5) is 12.7. The first-order valence-corrected chi connectivity index (χ1v) is 8.31. The van der Waals surface area contributed by atoms with Gasteiger partial charge >= 0.3 is 6.03 Å². The highest BCUT2D eigenvalue weighted by Gasteiger charge is 2.38. The quantitative estimate of drug-likeness (QED) is 0.702. The second kappa shape index (κ2) is 6.74. The molecule has 4 N–H and O–H groups in total. The molecular formula is C15H27N3OS. The van der Waals surface area contributed by atoms with Gasteiger partial charge < -0.3 is 16.4 Å². The second-order valence-corrected chi connectivity index (χ2v) is 7.00. The molecule has 2 fully saturated rings. The van der Waals surface area contributed by atoms with E-state index in [9.17, 15) is 4.79 Å². The van der Waals surface area contributed by atoms with Gasteiger partial charge in [-0.15, -0.1) is 0 Å². The number of nitrogens with one attached hydrogen (secondary N) is 2. The van der Waals surface area contributed by atoms with E-state index in [4.69, 9.17) is 18.0 Å². The van der Waals surface area contributed by atoms with E-state index in [1.54, 1.807) is 0 Å². The molecule has 20 heavy (non-hydrogen) atoms. The number of rotatable bonds is 3. The number of hydrogen-bond acceptors (Lipinski definition) is 2. The van der Waals surface area contributed by atoms with Gasteiger partial charge in [0.05, 0.1) is 10.5 Å². The number of carbonyl (C=O) groups is 1. The van der Waals surface area contributed by atoms with Gasteiger partial charge in [-0.3, -0.25) is 0 Å². The highest BCUT2D eigenvalue weighted by Crippen LogP contribution is 2.32. The van der Waals surface area contributed by atoms with E-state index in [0.717, 1.165) is 38.5 Å². The van der Waals surface area contributed by atoms with Crippen LogP contribution in [-0.2, 0) is 0 Å². The van der Waals surface area contributed by atoms with Crippen molar-refractivity contribution in [2.75, 3.05) is 0 Å². The molecular weight excluding hydrogens is 270 g/mol. The zero-order chi connectivity index (χ0) is 14.6. The van der Waals surface area contributed by atoms with E-state index < -0.39 is 5.54 Å². The van der Waals surface area contributed by atoms with Crippen molar-refractivity contribution in [2.24, 2.45) is 11.7 Å². The minimum atomic E-state index is -0.472. The number of hydrogen-bond donors (Lipinski definition) is 3. The van der Waals surface area contributed by atoms with Crippen molar-refractivity contribution in [3.05, 3.63) is 0 Å². The molecule has 2 amide bonds. The Bertz CT molecular complexity index is 358. The Labute approximate surface area is 127 Å². The molecule has 2 aliphatic rings. The summed E-state index contributed by atoms with van der Waals surface area (Å²) < 4.78 is 0. The molecule has 5 heteroatoms. The van der Waals surface area contributed by atoms with Crippen molar-refractivity contribution >= 4 is 23.2 Å². The van der Waals surface area contributed by atoms with Gasteiger partial charge in [0.25, 0.3) is 0 Å². The van der Waals surface area contributed by atoms with Gasteiger partial charge in [0, 0.05) is 6.04 Å². The Morgan fingerprint density at radius 2 is 1.75 bits per heavy atom. The molecule has 0 unspecified atom stereocenters. The Balaban J connectivity index is 1.90. The maximum atomic E-state index is 12.2. The number of urea groups is 1. The summed E-state index contributed by atoms with van der Waals surface area (Å²) in [6, 6.07) is 0.217. The lowest BCUT2D eigenvalue weighted by atomic mass is 9.77. The molecule has 2 saturated carbocycles. The van der Waals surface area contributed by atoms with Gasteiger partial charge in [-0.2, -0.15) is 0 Å². The molecule has 2 rings (SSSR count). The van der Waals surface area contributed by atoms with E-state index in [2.05, 4.69) is 17.6 Å². The summed E-state index contributed by atoms with van der Waals surface area (Å²) in [5.74, 6) is 0.695. The molecule has 0 atom stereocenters. The monoisotopic (exact) mass is 297 g/mol. The van der Waals surface area contributed by atoms with Crippen molar-refractivity contribution < 1.29 is 4.79 Å². The summed E-state index contributed by atoms with van der Waals surface area (Å²) in [5.41, 5.74) is 5.45. The molecule has 2 aliphatic carbocycles. The zero-order valence-electron chi connectivity index (χ0n) is 12.4. The lowest BCUT2D eigenvalue weighted by molar-refractivity contribution is 0.210. The Morgan fingerprint density at radius 1 is 1.15 bits per heavy atom. The van der Waals surface area contributed by atoms with Crippen LogP contribution >= 0.6 is 12.2 Å². The van der Waals surface area contributed by atoms with Crippen LogP contribution in [0.5, 0.6) is 0 Å². The van der Waals surface area contributed by atoms with Crippen LogP contribution in [0.2, 0.25) is 0 Å². The number of nitrogens with two attached hydrogens (primary N) is 1. The lowest BCUT2D eigenvalue weighted by Gasteiger charge is -2.39. The van der Waals surface area contributed by atoms with Gasteiger partial charge in [-0.05, 0) is 44.4 Å². The molecule has 0 bridgehead atoms. The third-order valence-corrected chi connectivity index (χ3v) is 5.28. The Kier molecular flexibility index (Phi) is 5.24. The molecule has 0 aromatic rings. The topological polar surface area (TPSA) is 67.2 Å². The minimum Gasteiger partial charge on any atom is -0.391 e. The average molecular weight is 297 g/mol. The Hall–Kier alpha value is -0.840. The van der Waals surface area contributed by atoms with Gasteiger partial charge in [0.15, 0.2) is 0 Å². The largest absolute Gasteiger partial charge is 0.391 e. The minimum absolute atomic E-state index is 0.0979. The fraction of sp³-hybridized carbons (Fsp3) is 0.867. The van der Waals surface area contributed by atoms with Gasteiger partial charge in [-0.1, -0.05) is 38.4 Å². The van der Waals surface area contributed by atoms with Crippen LogP contribution in [0.3, 0.4) is 0 Å². The van der Waals surface area contributed by atoms with Crippen molar-refractivity contribution in [2.45, 2.75) is 76.3 Å². The van der Waals surface area contributed by atoms with E-state index in [-0.39, 0.29) is 6.03 Å². The van der Waals surface area contributed by atoms with Crippen LogP contribution in [0, 0.1) is 5.92 Å². The second-order valence-electron chi connectivity index (χ2n) is 6.56. The van der Waals surface area contributed by atoms with Crippen LogP contribution in [0.1, 0.15) is 64.7 Å². The van der Waals surface area contributed by atoms with Crippen molar-refractivity contribution in [1.29, 1.82) is 0 Å². The van der Waals surface area contributed by atoms with Gasteiger partial charge in [-0.25, -0.2) is 4.79 Å². The fourth-order valence-corrected chi connectivity index (χ4v) is 3.63. The molecule has 0 aliphatic heterocycles. The standard InChI is InChI=1S/C15H27N3OS/c1-11-7-9-15(10-8-11,13(16)20)18-14(19)17-12-5-3-2-4-6-12/h11-12H,2-10H2,1H3,(H2,16,20)(H2,17,18,19). The van der Waals surface area contributed by atoms with Crippen LogP contribution in [0.4, 0.5) is 4.79 Å². The van der Waals surface area contributed by atoms with Gasteiger partial charge in [0.2, 0.25) is 0 Å². The molecule has 0 saturated heterocycles. The van der Waals surface area contributed by atoms with Gasteiger partial charge in [0.1, 0.15) is 0 Å². The van der Waals surface area contributed by atoms with Crippen molar-refractivity contribution in [1.82, 2.24) is 10.6 Å². The average Bonchev–Trinajstić information content (AvgIpc) is 2.42. The molecule has 0 heterocycles. The first-order chi connectivity index (χ1) is 9.52. The molecule has 4 nitrogen and oxygen atoms in total.